The van der Waals surface area contributed by atoms with Crippen molar-refractivity contribution in [2.24, 2.45) is 0 Å². The molecule has 0 heterocycles. The van der Waals surface area contributed by atoms with Crippen LogP contribution < -0.4 is 4.90 Å². The second-order valence-electron chi connectivity index (χ2n) is 4.64. The van der Waals surface area contributed by atoms with Gasteiger partial charge in [0.2, 0.25) is 0 Å². The van der Waals surface area contributed by atoms with Gasteiger partial charge < -0.3 is 14.4 Å². The van der Waals surface area contributed by atoms with Crippen LogP contribution >= 0.6 is 0 Å². The highest BCUT2D eigenvalue weighted by atomic mass is 16.6. The predicted octanol–water partition coefficient (Wildman–Crippen LogP) is 0.186. The minimum atomic E-state index is -0.364. The van der Waals surface area contributed by atoms with Crippen LogP contribution in [0.2, 0.25) is 0 Å². The number of esters is 2. The summed E-state index contributed by atoms with van der Waals surface area (Å²) < 4.78 is 10.3. The minimum Gasteiger partial charge on any atom is -0.466 e. The van der Waals surface area contributed by atoms with Crippen LogP contribution in [0.3, 0.4) is 0 Å². The summed E-state index contributed by atoms with van der Waals surface area (Å²) in [5.41, 5.74) is 0. The molecule has 1 N–H and O–H groups in total. The Morgan fingerprint density at radius 1 is 1.17 bits per heavy atom. The van der Waals surface area contributed by atoms with Crippen LogP contribution in [0.1, 0.15) is 39.5 Å². The maximum atomic E-state index is 11.5. The number of carbonyl (C=O) groups excluding carboxylic acids is 2. The lowest BCUT2D eigenvalue weighted by Crippen LogP contribution is -3.05. The van der Waals surface area contributed by atoms with Crippen molar-refractivity contribution < 1.29 is 24.0 Å². The monoisotopic (exact) mass is 260 g/mol. The minimum absolute atomic E-state index is 0.152. The van der Waals surface area contributed by atoms with Crippen LogP contribution in [0.4, 0.5) is 0 Å². The van der Waals surface area contributed by atoms with E-state index in [0.29, 0.717) is 19.4 Å². The van der Waals surface area contributed by atoms with Gasteiger partial charge in [-0.1, -0.05) is 13.8 Å². The van der Waals surface area contributed by atoms with Gasteiger partial charge in [-0.2, -0.15) is 0 Å². The zero-order valence-corrected chi connectivity index (χ0v) is 12.0. The van der Waals surface area contributed by atoms with Crippen molar-refractivity contribution in [3.63, 3.8) is 0 Å². The molecule has 0 bridgehead atoms. The average molecular weight is 260 g/mol. The summed E-state index contributed by atoms with van der Waals surface area (Å²) in [7, 11) is 4.04. The third kappa shape index (κ3) is 8.98. The molecule has 0 saturated heterocycles. The van der Waals surface area contributed by atoms with Crippen molar-refractivity contribution in [3.05, 3.63) is 0 Å². The molecule has 5 nitrogen and oxygen atoms in total. The summed E-state index contributed by atoms with van der Waals surface area (Å²) >= 11 is 0. The Morgan fingerprint density at radius 2 is 1.83 bits per heavy atom. The number of hydrogen-bond acceptors (Lipinski definition) is 4. The number of carbonyl (C=O) groups is 2. The van der Waals surface area contributed by atoms with Crippen LogP contribution in [0.25, 0.3) is 0 Å². The lowest BCUT2D eigenvalue weighted by Gasteiger charge is -2.17. The number of ether oxygens (including phenoxy) is 2. The third-order valence-corrected chi connectivity index (χ3v) is 2.41. The molecule has 0 fully saturated rings. The van der Waals surface area contributed by atoms with Crippen molar-refractivity contribution in [1.29, 1.82) is 0 Å². The molecule has 106 valence electrons. The van der Waals surface area contributed by atoms with E-state index >= 15 is 0 Å². The van der Waals surface area contributed by atoms with Crippen LogP contribution in [-0.4, -0.2) is 45.3 Å². The summed E-state index contributed by atoms with van der Waals surface area (Å²) in [5.74, 6) is -0.559. The standard InChI is InChI=1S/C13H25NO4/c1-5-9-17-13(16)10-11(7-8-14(3)4)18-12(15)6-2/h11H,5-10H2,1-4H3/p+1/t11-/m0/s1. The Bertz CT molecular complexity index is 253. The summed E-state index contributed by atoms with van der Waals surface area (Å²) in [6.07, 6.45) is 1.59. The Balaban J connectivity index is 4.18. The molecule has 0 aliphatic heterocycles. The van der Waals surface area contributed by atoms with Crippen molar-refractivity contribution in [1.82, 2.24) is 0 Å². The maximum Gasteiger partial charge on any atom is 0.309 e. The van der Waals surface area contributed by atoms with E-state index < -0.39 is 0 Å². The summed E-state index contributed by atoms with van der Waals surface area (Å²) in [4.78, 5) is 24.0. The number of nitrogens with one attached hydrogen (secondary N) is 1. The molecule has 5 heteroatoms. The number of hydrogen-bond donors (Lipinski definition) is 1. The molecule has 0 aliphatic carbocycles. The summed E-state index contributed by atoms with van der Waals surface area (Å²) in [6.45, 7) is 4.96. The second kappa shape index (κ2) is 9.88. The number of quaternary nitrogens is 1. The first kappa shape index (κ1) is 16.9. The van der Waals surface area contributed by atoms with Gasteiger partial charge in [0.25, 0.3) is 0 Å². The lowest BCUT2D eigenvalue weighted by atomic mass is 10.2. The first-order valence-corrected chi connectivity index (χ1v) is 6.63. The normalized spacial score (nSPS) is 12.3. The Labute approximate surface area is 109 Å². The quantitative estimate of drug-likeness (QED) is 0.601. The molecule has 0 aromatic rings. The molecule has 0 aliphatic rings. The molecule has 18 heavy (non-hydrogen) atoms. The molecule has 0 rings (SSSR count). The van der Waals surface area contributed by atoms with E-state index in [1.165, 1.54) is 4.90 Å². The van der Waals surface area contributed by atoms with E-state index in [2.05, 4.69) is 0 Å². The highest BCUT2D eigenvalue weighted by Crippen LogP contribution is 2.06. The van der Waals surface area contributed by atoms with Crippen LogP contribution in [-0.2, 0) is 19.1 Å². The Morgan fingerprint density at radius 3 is 2.33 bits per heavy atom. The molecule has 1 atom stereocenters. The van der Waals surface area contributed by atoms with Gasteiger partial charge in [-0.25, -0.2) is 0 Å². The van der Waals surface area contributed by atoms with Crippen molar-refractivity contribution >= 4 is 11.9 Å². The van der Waals surface area contributed by atoms with Gasteiger partial charge in [0, 0.05) is 12.8 Å². The SMILES string of the molecule is CCCOC(=O)C[C@H](CC[NH+](C)C)OC(=O)CC. The average Bonchev–Trinajstić information content (AvgIpc) is 2.33. The van der Waals surface area contributed by atoms with Gasteiger partial charge in [-0.3, -0.25) is 9.59 Å². The van der Waals surface area contributed by atoms with Crippen LogP contribution in [0, 0.1) is 0 Å². The van der Waals surface area contributed by atoms with E-state index in [-0.39, 0.29) is 24.5 Å². The van der Waals surface area contributed by atoms with E-state index in [1.807, 2.05) is 21.0 Å². The van der Waals surface area contributed by atoms with E-state index in [0.717, 1.165) is 13.0 Å². The Kier molecular flexibility index (Phi) is 9.28. The van der Waals surface area contributed by atoms with E-state index in [4.69, 9.17) is 9.47 Å². The molecular formula is C13H26NO4+. The van der Waals surface area contributed by atoms with Crippen molar-refractivity contribution in [3.8, 4) is 0 Å². The van der Waals surface area contributed by atoms with Crippen LogP contribution in [0.5, 0.6) is 0 Å². The fraction of sp³-hybridized carbons (Fsp3) is 0.846. The smallest absolute Gasteiger partial charge is 0.309 e. The van der Waals surface area contributed by atoms with Crippen LogP contribution in [0.15, 0.2) is 0 Å². The van der Waals surface area contributed by atoms with Gasteiger partial charge in [0.05, 0.1) is 33.7 Å². The fourth-order valence-corrected chi connectivity index (χ4v) is 1.38. The first-order chi connectivity index (χ1) is 8.49. The fourth-order valence-electron chi connectivity index (χ4n) is 1.38. The topological polar surface area (TPSA) is 57.0 Å². The molecule has 0 unspecified atom stereocenters. The van der Waals surface area contributed by atoms with Gasteiger partial charge in [0.1, 0.15) is 6.10 Å². The van der Waals surface area contributed by atoms with E-state index in [1.54, 1.807) is 6.92 Å². The first-order valence-electron chi connectivity index (χ1n) is 6.63. The maximum absolute atomic E-state index is 11.5. The second-order valence-corrected chi connectivity index (χ2v) is 4.64. The molecule has 0 saturated carbocycles. The molecule has 0 amide bonds. The highest BCUT2D eigenvalue weighted by molar-refractivity contribution is 5.72. The summed E-state index contributed by atoms with van der Waals surface area (Å²) in [5, 5.41) is 0. The Hall–Kier alpha value is -1.10. The highest BCUT2D eigenvalue weighted by Gasteiger charge is 2.19. The molecule has 0 aromatic carbocycles. The number of rotatable bonds is 9. The zero-order chi connectivity index (χ0) is 14.0. The lowest BCUT2D eigenvalue weighted by molar-refractivity contribution is -0.858. The largest absolute Gasteiger partial charge is 0.466 e. The van der Waals surface area contributed by atoms with E-state index in [9.17, 15) is 9.59 Å². The predicted molar refractivity (Wildman–Crippen MR) is 68.3 cm³/mol. The molecule has 0 aromatic heterocycles. The molecule has 0 radical (unpaired) electrons. The third-order valence-electron chi connectivity index (χ3n) is 2.41. The summed E-state index contributed by atoms with van der Waals surface area (Å²) in [6, 6.07) is 0. The van der Waals surface area contributed by atoms with Gasteiger partial charge in [0.15, 0.2) is 0 Å². The molecule has 0 spiro atoms. The van der Waals surface area contributed by atoms with Gasteiger partial charge >= 0.3 is 11.9 Å². The zero-order valence-electron chi connectivity index (χ0n) is 12.0. The van der Waals surface area contributed by atoms with Gasteiger partial charge in [-0.15, -0.1) is 0 Å². The molecular weight excluding hydrogens is 234 g/mol. The van der Waals surface area contributed by atoms with Crippen molar-refractivity contribution in [2.75, 3.05) is 27.2 Å². The van der Waals surface area contributed by atoms with Gasteiger partial charge in [-0.05, 0) is 6.42 Å². The van der Waals surface area contributed by atoms with Crippen molar-refractivity contribution in [2.45, 2.75) is 45.6 Å².